The Kier molecular flexibility index (Phi) is 3.60. The van der Waals surface area contributed by atoms with E-state index in [0.717, 1.165) is 22.3 Å². The van der Waals surface area contributed by atoms with Crippen molar-refractivity contribution in [1.82, 2.24) is 0 Å². The summed E-state index contributed by atoms with van der Waals surface area (Å²) in [5.41, 5.74) is 4.49. The summed E-state index contributed by atoms with van der Waals surface area (Å²) >= 11 is 6.13. The van der Waals surface area contributed by atoms with Gasteiger partial charge >= 0.3 is 0 Å². The SMILES string of the molecule is OCC#CC1c2ccccc2C=Cc2ccc(Cl)cc21. The van der Waals surface area contributed by atoms with Gasteiger partial charge in [0.15, 0.2) is 0 Å². The smallest absolute Gasteiger partial charge is 0.104 e. The van der Waals surface area contributed by atoms with Crippen LogP contribution in [-0.4, -0.2) is 11.7 Å². The lowest BCUT2D eigenvalue weighted by Gasteiger charge is -2.15. The van der Waals surface area contributed by atoms with Crippen molar-refractivity contribution >= 4 is 23.8 Å². The highest BCUT2D eigenvalue weighted by Crippen LogP contribution is 2.35. The van der Waals surface area contributed by atoms with Crippen molar-refractivity contribution in [1.29, 1.82) is 0 Å². The Bertz CT molecular complexity index is 735. The molecule has 0 saturated carbocycles. The Balaban J connectivity index is 2.26. The van der Waals surface area contributed by atoms with Crippen LogP contribution in [0.5, 0.6) is 0 Å². The zero-order valence-corrected chi connectivity index (χ0v) is 11.6. The first kappa shape index (κ1) is 13.0. The molecule has 1 aliphatic carbocycles. The number of aliphatic hydroxyl groups is 1. The Morgan fingerprint density at radius 3 is 2.55 bits per heavy atom. The molecule has 0 aromatic heterocycles. The third-order valence-electron chi connectivity index (χ3n) is 3.43. The molecule has 1 atom stereocenters. The van der Waals surface area contributed by atoms with E-state index in [4.69, 9.17) is 16.7 Å². The van der Waals surface area contributed by atoms with Gasteiger partial charge in [-0.15, -0.1) is 0 Å². The average Bonchev–Trinajstić information content (AvgIpc) is 2.62. The number of halogens is 1. The fourth-order valence-electron chi connectivity index (χ4n) is 2.52. The predicted molar refractivity (Wildman–Crippen MR) is 83.5 cm³/mol. The summed E-state index contributed by atoms with van der Waals surface area (Å²) in [6.07, 6.45) is 4.19. The normalized spacial score (nSPS) is 15.6. The second-order valence-corrected chi connectivity index (χ2v) is 5.08. The summed E-state index contributed by atoms with van der Waals surface area (Å²) in [5, 5.41) is 9.70. The summed E-state index contributed by atoms with van der Waals surface area (Å²) in [7, 11) is 0. The van der Waals surface area contributed by atoms with Crippen molar-refractivity contribution in [2.45, 2.75) is 5.92 Å². The zero-order chi connectivity index (χ0) is 13.9. The number of rotatable bonds is 0. The molecule has 0 saturated heterocycles. The minimum Gasteiger partial charge on any atom is -0.384 e. The van der Waals surface area contributed by atoms with Gasteiger partial charge in [0.2, 0.25) is 0 Å². The number of fused-ring (bicyclic) bond motifs is 2. The van der Waals surface area contributed by atoms with E-state index in [1.54, 1.807) is 0 Å². The Labute approximate surface area is 123 Å². The molecule has 3 rings (SSSR count). The molecule has 2 aromatic rings. The van der Waals surface area contributed by atoms with E-state index in [-0.39, 0.29) is 12.5 Å². The first-order chi connectivity index (χ1) is 9.79. The van der Waals surface area contributed by atoms with Gasteiger partial charge in [-0.25, -0.2) is 0 Å². The molecule has 0 bridgehead atoms. The zero-order valence-electron chi connectivity index (χ0n) is 10.8. The lowest BCUT2D eigenvalue weighted by atomic mass is 9.88. The Morgan fingerprint density at radius 1 is 1.00 bits per heavy atom. The van der Waals surface area contributed by atoms with E-state index in [2.05, 4.69) is 36.1 Å². The molecule has 0 spiro atoms. The molecule has 1 nitrogen and oxygen atoms in total. The van der Waals surface area contributed by atoms with Crippen molar-refractivity contribution in [3.05, 3.63) is 69.7 Å². The van der Waals surface area contributed by atoms with Gasteiger partial charge in [0.05, 0.1) is 5.92 Å². The number of hydrogen-bond acceptors (Lipinski definition) is 1. The van der Waals surface area contributed by atoms with Gasteiger partial charge in [0.1, 0.15) is 6.61 Å². The highest BCUT2D eigenvalue weighted by Gasteiger charge is 2.19. The van der Waals surface area contributed by atoms with Crippen LogP contribution in [0.1, 0.15) is 28.2 Å². The van der Waals surface area contributed by atoms with Gasteiger partial charge in [-0.1, -0.05) is 65.9 Å². The van der Waals surface area contributed by atoms with Crippen LogP contribution in [0, 0.1) is 11.8 Å². The highest BCUT2D eigenvalue weighted by molar-refractivity contribution is 6.30. The molecule has 1 aliphatic rings. The van der Waals surface area contributed by atoms with E-state index in [9.17, 15) is 0 Å². The lowest BCUT2D eigenvalue weighted by molar-refractivity contribution is 0.350. The van der Waals surface area contributed by atoms with Crippen LogP contribution in [-0.2, 0) is 0 Å². The van der Waals surface area contributed by atoms with Gasteiger partial charge in [-0.05, 0) is 34.4 Å². The third kappa shape index (κ3) is 2.36. The van der Waals surface area contributed by atoms with Crippen LogP contribution in [0.3, 0.4) is 0 Å². The van der Waals surface area contributed by atoms with Crippen LogP contribution in [0.15, 0.2) is 42.5 Å². The topological polar surface area (TPSA) is 20.2 Å². The average molecular weight is 281 g/mol. The maximum Gasteiger partial charge on any atom is 0.104 e. The van der Waals surface area contributed by atoms with E-state index in [1.165, 1.54) is 0 Å². The maximum absolute atomic E-state index is 9.00. The summed E-state index contributed by atoms with van der Waals surface area (Å²) in [4.78, 5) is 0. The summed E-state index contributed by atoms with van der Waals surface area (Å²) in [6, 6.07) is 14.0. The third-order valence-corrected chi connectivity index (χ3v) is 3.67. The lowest BCUT2D eigenvalue weighted by Crippen LogP contribution is -2.01. The summed E-state index contributed by atoms with van der Waals surface area (Å²) in [6.45, 7) is -0.137. The monoisotopic (exact) mass is 280 g/mol. The minimum atomic E-state index is -0.137. The van der Waals surface area contributed by atoms with Crippen molar-refractivity contribution in [2.75, 3.05) is 6.61 Å². The molecular formula is C18H13ClO. The van der Waals surface area contributed by atoms with Crippen LogP contribution >= 0.6 is 11.6 Å². The minimum absolute atomic E-state index is 0.0675. The predicted octanol–water partition coefficient (Wildman–Crippen LogP) is 3.95. The molecule has 0 radical (unpaired) electrons. The second kappa shape index (κ2) is 5.54. The Morgan fingerprint density at radius 2 is 1.75 bits per heavy atom. The second-order valence-electron chi connectivity index (χ2n) is 4.65. The van der Waals surface area contributed by atoms with Gasteiger partial charge in [-0.3, -0.25) is 0 Å². The summed E-state index contributed by atoms with van der Waals surface area (Å²) in [5.74, 6) is 5.87. The van der Waals surface area contributed by atoms with E-state index < -0.39 is 0 Å². The molecular weight excluding hydrogens is 268 g/mol. The number of hydrogen-bond donors (Lipinski definition) is 1. The van der Waals surface area contributed by atoms with Gasteiger partial charge in [0.25, 0.3) is 0 Å². The molecule has 0 aliphatic heterocycles. The van der Waals surface area contributed by atoms with E-state index in [1.807, 2.05) is 30.3 Å². The molecule has 0 amide bonds. The molecule has 0 heterocycles. The highest BCUT2D eigenvalue weighted by atomic mass is 35.5. The molecule has 1 N–H and O–H groups in total. The molecule has 2 aromatic carbocycles. The quantitative estimate of drug-likeness (QED) is 0.725. The fourth-order valence-corrected chi connectivity index (χ4v) is 2.70. The van der Waals surface area contributed by atoms with Crippen molar-refractivity contribution < 1.29 is 5.11 Å². The van der Waals surface area contributed by atoms with Crippen LogP contribution in [0.4, 0.5) is 0 Å². The van der Waals surface area contributed by atoms with Crippen LogP contribution < -0.4 is 0 Å². The molecule has 98 valence electrons. The Hall–Kier alpha value is -2.01. The largest absolute Gasteiger partial charge is 0.384 e. The van der Waals surface area contributed by atoms with Crippen molar-refractivity contribution in [2.24, 2.45) is 0 Å². The van der Waals surface area contributed by atoms with Gasteiger partial charge in [-0.2, -0.15) is 0 Å². The summed E-state index contributed by atoms with van der Waals surface area (Å²) < 4.78 is 0. The molecule has 1 unspecified atom stereocenters. The fraction of sp³-hybridized carbons (Fsp3) is 0.111. The van der Waals surface area contributed by atoms with E-state index >= 15 is 0 Å². The molecule has 0 fully saturated rings. The number of aliphatic hydroxyl groups excluding tert-OH is 1. The van der Waals surface area contributed by atoms with Gasteiger partial charge in [0, 0.05) is 5.02 Å². The first-order valence-corrected chi connectivity index (χ1v) is 6.83. The van der Waals surface area contributed by atoms with Crippen molar-refractivity contribution in [3.63, 3.8) is 0 Å². The standard InChI is InChI=1S/C18H13ClO/c19-15-10-9-14-8-7-13-4-1-2-5-16(13)17(6-3-11-20)18(14)12-15/h1-2,4-5,7-10,12,17,20H,11H2. The van der Waals surface area contributed by atoms with Crippen LogP contribution in [0.2, 0.25) is 5.02 Å². The molecule has 2 heteroatoms. The molecule has 20 heavy (non-hydrogen) atoms. The van der Waals surface area contributed by atoms with Crippen molar-refractivity contribution in [3.8, 4) is 11.8 Å². The first-order valence-electron chi connectivity index (χ1n) is 6.45. The number of benzene rings is 2. The van der Waals surface area contributed by atoms with E-state index in [0.29, 0.717) is 5.02 Å². The van der Waals surface area contributed by atoms with Gasteiger partial charge < -0.3 is 5.11 Å². The van der Waals surface area contributed by atoms with Crippen LogP contribution in [0.25, 0.3) is 12.2 Å². The maximum atomic E-state index is 9.00.